The van der Waals surface area contributed by atoms with E-state index in [1.807, 2.05) is 31.2 Å². The Morgan fingerprint density at radius 1 is 1.37 bits per heavy atom. The molecule has 0 saturated heterocycles. The Kier molecular flexibility index (Phi) is 4.43. The Balaban J connectivity index is 1.75. The fourth-order valence-corrected chi connectivity index (χ4v) is 2.03. The Bertz CT molecular complexity index is 424. The molecule has 104 valence electrons. The smallest absolute Gasteiger partial charge is 0.228 e. The fourth-order valence-electron chi connectivity index (χ4n) is 2.03. The highest BCUT2D eigenvalue weighted by atomic mass is 16.5. The third kappa shape index (κ3) is 3.47. The zero-order valence-corrected chi connectivity index (χ0v) is 11.3. The van der Waals surface area contributed by atoms with Crippen molar-refractivity contribution in [2.75, 3.05) is 19.8 Å². The van der Waals surface area contributed by atoms with E-state index in [-0.39, 0.29) is 12.5 Å². The first-order chi connectivity index (χ1) is 9.20. The number of hydrogen-bond acceptors (Lipinski definition) is 3. The van der Waals surface area contributed by atoms with Crippen molar-refractivity contribution in [2.45, 2.75) is 26.2 Å². The van der Waals surface area contributed by atoms with Crippen LogP contribution in [0.15, 0.2) is 24.3 Å². The third-order valence-electron chi connectivity index (χ3n) is 3.57. The quantitative estimate of drug-likeness (QED) is 0.784. The third-order valence-corrected chi connectivity index (χ3v) is 3.57. The van der Waals surface area contributed by atoms with Crippen LogP contribution >= 0.6 is 0 Å². The predicted octanol–water partition coefficient (Wildman–Crippen LogP) is 1.52. The van der Waals surface area contributed by atoms with E-state index in [2.05, 4.69) is 5.32 Å². The molecular weight excluding hydrogens is 242 g/mol. The summed E-state index contributed by atoms with van der Waals surface area (Å²) in [6.07, 6.45) is 2.40. The predicted molar refractivity (Wildman–Crippen MR) is 73.1 cm³/mol. The second-order valence-corrected chi connectivity index (χ2v) is 5.02. The molecule has 1 fully saturated rings. The van der Waals surface area contributed by atoms with Crippen LogP contribution in [-0.4, -0.2) is 30.8 Å². The van der Waals surface area contributed by atoms with Gasteiger partial charge >= 0.3 is 0 Å². The van der Waals surface area contributed by atoms with E-state index in [0.29, 0.717) is 13.2 Å². The second kappa shape index (κ2) is 6.06. The number of aliphatic hydroxyl groups excluding tert-OH is 1. The van der Waals surface area contributed by atoms with E-state index in [9.17, 15) is 4.79 Å². The lowest BCUT2D eigenvalue weighted by atomic mass is 10.1. The molecule has 1 amide bonds. The molecule has 0 heterocycles. The average Bonchev–Trinajstić information content (AvgIpc) is 3.22. The Labute approximate surface area is 113 Å². The van der Waals surface area contributed by atoms with E-state index in [1.165, 1.54) is 0 Å². The van der Waals surface area contributed by atoms with Crippen molar-refractivity contribution in [3.05, 3.63) is 29.8 Å². The maximum absolute atomic E-state index is 11.8. The minimum atomic E-state index is -0.473. The van der Waals surface area contributed by atoms with Gasteiger partial charge in [-0.05, 0) is 43.9 Å². The van der Waals surface area contributed by atoms with Crippen molar-refractivity contribution in [1.82, 2.24) is 5.32 Å². The molecule has 0 atom stereocenters. The lowest BCUT2D eigenvalue weighted by molar-refractivity contribution is -0.127. The maximum atomic E-state index is 11.8. The number of hydrogen-bond donors (Lipinski definition) is 2. The van der Waals surface area contributed by atoms with Crippen molar-refractivity contribution < 1.29 is 14.6 Å². The number of ether oxygens (including phenoxy) is 1. The highest BCUT2D eigenvalue weighted by Gasteiger charge is 2.49. The number of carbonyl (C=O) groups is 1. The largest absolute Gasteiger partial charge is 0.494 e. The lowest BCUT2D eigenvalue weighted by Crippen LogP contribution is -2.35. The van der Waals surface area contributed by atoms with Gasteiger partial charge in [-0.25, -0.2) is 0 Å². The van der Waals surface area contributed by atoms with Crippen LogP contribution in [0.5, 0.6) is 5.75 Å². The standard InChI is InChI=1S/C15H21NO3/c1-2-19-13-5-3-12(4-6-13)7-10-16-14(18)15(11-17)8-9-15/h3-6,17H,2,7-11H2,1H3,(H,16,18). The minimum absolute atomic E-state index is 0.0130. The summed E-state index contributed by atoms with van der Waals surface area (Å²) in [7, 11) is 0. The van der Waals surface area contributed by atoms with Crippen LogP contribution in [0.3, 0.4) is 0 Å². The molecule has 1 aromatic rings. The van der Waals surface area contributed by atoms with E-state index >= 15 is 0 Å². The SMILES string of the molecule is CCOc1ccc(CCNC(=O)C2(CO)CC2)cc1. The normalized spacial score (nSPS) is 15.9. The van der Waals surface area contributed by atoms with Crippen molar-refractivity contribution in [1.29, 1.82) is 0 Å². The molecule has 1 saturated carbocycles. The molecule has 1 aromatic carbocycles. The van der Waals surface area contributed by atoms with Gasteiger partial charge in [-0.1, -0.05) is 12.1 Å². The summed E-state index contributed by atoms with van der Waals surface area (Å²) in [5.74, 6) is 0.855. The lowest BCUT2D eigenvalue weighted by Gasteiger charge is -2.12. The summed E-state index contributed by atoms with van der Waals surface area (Å²) in [5, 5.41) is 12.0. The maximum Gasteiger partial charge on any atom is 0.228 e. The van der Waals surface area contributed by atoms with Crippen LogP contribution in [0, 0.1) is 5.41 Å². The molecule has 0 aliphatic heterocycles. The van der Waals surface area contributed by atoms with E-state index in [0.717, 1.165) is 30.6 Å². The highest BCUT2D eigenvalue weighted by molar-refractivity contribution is 5.85. The first-order valence-electron chi connectivity index (χ1n) is 6.81. The van der Waals surface area contributed by atoms with Crippen LogP contribution in [0.2, 0.25) is 0 Å². The zero-order chi connectivity index (χ0) is 13.7. The molecule has 19 heavy (non-hydrogen) atoms. The molecule has 1 aliphatic rings. The van der Waals surface area contributed by atoms with Crippen molar-refractivity contribution in [2.24, 2.45) is 5.41 Å². The monoisotopic (exact) mass is 263 g/mol. The molecule has 2 rings (SSSR count). The van der Waals surface area contributed by atoms with Gasteiger partial charge in [-0.15, -0.1) is 0 Å². The molecule has 0 spiro atoms. The number of nitrogens with one attached hydrogen (secondary N) is 1. The summed E-state index contributed by atoms with van der Waals surface area (Å²) in [4.78, 5) is 11.8. The number of benzene rings is 1. The second-order valence-electron chi connectivity index (χ2n) is 5.02. The zero-order valence-electron chi connectivity index (χ0n) is 11.3. The molecule has 0 bridgehead atoms. The van der Waals surface area contributed by atoms with Gasteiger partial charge in [0.15, 0.2) is 0 Å². The summed E-state index contributed by atoms with van der Waals surface area (Å²) < 4.78 is 5.37. The summed E-state index contributed by atoms with van der Waals surface area (Å²) >= 11 is 0. The molecule has 0 unspecified atom stereocenters. The first-order valence-corrected chi connectivity index (χ1v) is 6.81. The van der Waals surface area contributed by atoms with E-state index in [1.54, 1.807) is 0 Å². The van der Waals surface area contributed by atoms with Crippen LogP contribution in [0.25, 0.3) is 0 Å². The Morgan fingerprint density at radius 3 is 2.58 bits per heavy atom. The summed E-state index contributed by atoms with van der Waals surface area (Å²) in [6.45, 7) is 3.19. The van der Waals surface area contributed by atoms with E-state index in [4.69, 9.17) is 9.84 Å². The number of rotatable bonds is 7. The molecule has 4 nitrogen and oxygen atoms in total. The Hall–Kier alpha value is -1.55. The van der Waals surface area contributed by atoms with Crippen LogP contribution in [0.1, 0.15) is 25.3 Å². The molecule has 4 heteroatoms. The van der Waals surface area contributed by atoms with Crippen molar-refractivity contribution >= 4 is 5.91 Å². The van der Waals surface area contributed by atoms with Gasteiger partial charge in [-0.2, -0.15) is 0 Å². The first kappa shape index (κ1) is 13.9. The number of amides is 1. The highest BCUT2D eigenvalue weighted by Crippen LogP contribution is 2.45. The van der Waals surface area contributed by atoms with Gasteiger partial charge in [-0.3, -0.25) is 4.79 Å². The topological polar surface area (TPSA) is 58.6 Å². The summed E-state index contributed by atoms with van der Waals surface area (Å²) in [6, 6.07) is 7.90. The molecule has 0 aromatic heterocycles. The van der Waals surface area contributed by atoms with Gasteiger partial charge < -0.3 is 15.2 Å². The van der Waals surface area contributed by atoms with Gasteiger partial charge in [0.25, 0.3) is 0 Å². The Morgan fingerprint density at radius 2 is 2.05 bits per heavy atom. The minimum Gasteiger partial charge on any atom is -0.494 e. The fraction of sp³-hybridized carbons (Fsp3) is 0.533. The van der Waals surface area contributed by atoms with Crippen molar-refractivity contribution in [3.8, 4) is 5.75 Å². The molecule has 2 N–H and O–H groups in total. The van der Waals surface area contributed by atoms with Gasteiger partial charge in [0, 0.05) is 6.54 Å². The summed E-state index contributed by atoms with van der Waals surface area (Å²) in [5.41, 5.74) is 0.691. The van der Waals surface area contributed by atoms with Gasteiger partial charge in [0.05, 0.1) is 18.6 Å². The van der Waals surface area contributed by atoms with Crippen LogP contribution < -0.4 is 10.1 Å². The molecular formula is C15H21NO3. The average molecular weight is 263 g/mol. The van der Waals surface area contributed by atoms with Crippen LogP contribution in [0.4, 0.5) is 0 Å². The molecule has 0 radical (unpaired) electrons. The van der Waals surface area contributed by atoms with Gasteiger partial charge in [0.2, 0.25) is 5.91 Å². The van der Waals surface area contributed by atoms with Crippen LogP contribution in [-0.2, 0) is 11.2 Å². The number of carbonyl (C=O) groups excluding carboxylic acids is 1. The van der Waals surface area contributed by atoms with Crippen molar-refractivity contribution in [3.63, 3.8) is 0 Å². The van der Waals surface area contributed by atoms with E-state index < -0.39 is 5.41 Å². The number of aliphatic hydroxyl groups is 1. The molecule has 1 aliphatic carbocycles. The van der Waals surface area contributed by atoms with Gasteiger partial charge in [0.1, 0.15) is 5.75 Å².